The minimum atomic E-state index is -0.313. The van der Waals surface area contributed by atoms with Gasteiger partial charge in [-0.05, 0) is 49.3 Å². The fourth-order valence-corrected chi connectivity index (χ4v) is 3.24. The molecular weight excluding hydrogens is 238 g/mol. The van der Waals surface area contributed by atoms with Gasteiger partial charge in [-0.2, -0.15) is 0 Å². The van der Waals surface area contributed by atoms with Gasteiger partial charge in [-0.15, -0.1) is 0 Å². The highest BCUT2D eigenvalue weighted by atomic mass is 16.5. The minimum Gasteiger partial charge on any atom is -0.497 e. The van der Waals surface area contributed by atoms with E-state index in [4.69, 9.17) is 15.2 Å². The summed E-state index contributed by atoms with van der Waals surface area (Å²) in [6, 6.07) is 5.90. The molecule has 1 aliphatic carbocycles. The highest BCUT2D eigenvalue weighted by molar-refractivity contribution is 5.45. The van der Waals surface area contributed by atoms with Crippen molar-refractivity contribution < 1.29 is 9.47 Å². The van der Waals surface area contributed by atoms with Crippen LogP contribution in [0.15, 0.2) is 18.2 Å². The van der Waals surface area contributed by atoms with Crippen LogP contribution in [0.4, 0.5) is 0 Å². The SMILES string of the molecule is COc1ccc(OC)c(C2(N)CCC(C)CC2C)c1. The Morgan fingerprint density at radius 3 is 2.53 bits per heavy atom. The van der Waals surface area contributed by atoms with Gasteiger partial charge in [0.15, 0.2) is 0 Å². The Hall–Kier alpha value is -1.22. The molecule has 1 saturated carbocycles. The van der Waals surface area contributed by atoms with Crippen LogP contribution < -0.4 is 15.2 Å². The standard InChI is InChI=1S/C16H25NO2/c1-11-7-8-16(17,12(2)9-11)14-10-13(18-3)5-6-15(14)19-4/h5-6,10-12H,7-9,17H2,1-4H3. The summed E-state index contributed by atoms with van der Waals surface area (Å²) in [6.45, 7) is 4.55. The average Bonchev–Trinajstić information content (AvgIpc) is 2.42. The van der Waals surface area contributed by atoms with Gasteiger partial charge in [-0.1, -0.05) is 13.8 Å². The van der Waals surface area contributed by atoms with Crippen molar-refractivity contribution >= 4 is 0 Å². The molecule has 19 heavy (non-hydrogen) atoms. The maximum Gasteiger partial charge on any atom is 0.124 e. The summed E-state index contributed by atoms with van der Waals surface area (Å²) in [5, 5.41) is 0. The van der Waals surface area contributed by atoms with Gasteiger partial charge in [0.25, 0.3) is 0 Å². The van der Waals surface area contributed by atoms with E-state index in [0.29, 0.717) is 5.92 Å². The summed E-state index contributed by atoms with van der Waals surface area (Å²) in [7, 11) is 3.38. The molecule has 106 valence electrons. The van der Waals surface area contributed by atoms with E-state index in [2.05, 4.69) is 13.8 Å². The van der Waals surface area contributed by atoms with Crippen molar-refractivity contribution in [3.05, 3.63) is 23.8 Å². The zero-order valence-electron chi connectivity index (χ0n) is 12.4. The Morgan fingerprint density at radius 2 is 1.95 bits per heavy atom. The molecule has 0 amide bonds. The van der Waals surface area contributed by atoms with Crippen molar-refractivity contribution in [2.24, 2.45) is 17.6 Å². The van der Waals surface area contributed by atoms with Gasteiger partial charge in [0.05, 0.1) is 14.2 Å². The molecule has 0 spiro atoms. The van der Waals surface area contributed by atoms with Crippen LogP contribution in [0.2, 0.25) is 0 Å². The number of ether oxygens (including phenoxy) is 2. The third-order valence-electron chi connectivity index (χ3n) is 4.59. The van der Waals surface area contributed by atoms with E-state index in [1.54, 1.807) is 14.2 Å². The average molecular weight is 263 g/mol. The second kappa shape index (κ2) is 5.41. The molecule has 1 fully saturated rings. The van der Waals surface area contributed by atoms with Crippen molar-refractivity contribution in [2.45, 2.75) is 38.6 Å². The van der Waals surface area contributed by atoms with Gasteiger partial charge < -0.3 is 15.2 Å². The number of hydrogen-bond donors (Lipinski definition) is 1. The Labute approximate surface area is 116 Å². The molecule has 0 aromatic heterocycles. The molecule has 0 radical (unpaired) electrons. The van der Waals surface area contributed by atoms with Gasteiger partial charge in [-0.3, -0.25) is 0 Å². The summed E-state index contributed by atoms with van der Waals surface area (Å²) >= 11 is 0. The van der Waals surface area contributed by atoms with E-state index in [-0.39, 0.29) is 5.54 Å². The lowest BCUT2D eigenvalue weighted by Gasteiger charge is -2.43. The molecule has 0 aliphatic heterocycles. The first-order valence-corrected chi connectivity index (χ1v) is 7.02. The summed E-state index contributed by atoms with van der Waals surface area (Å²) in [5.41, 5.74) is 7.51. The van der Waals surface area contributed by atoms with Crippen LogP contribution in [0.25, 0.3) is 0 Å². The predicted molar refractivity (Wildman–Crippen MR) is 77.6 cm³/mol. The molecule has 0 saturated heterocycles. The summed E-state index contributed by atoms with van der Waals surface area (Å²) in [4.78, 5) is 0. The van der Waals surface area contributed by atoms with Crippen molar-refractivity contribution in [3.63, 3.8) is 0 Å². The Kier molecular flexibility index (Phi) is 4.04. The lowest BCUT2D eigenvalue weighted by atomic mass is 9.67. The maximum absolute atomic E-state index is 6.75. The van der Waals surface area contributed by atoms with Gasteiger partial charge in [0.1, 0.15) is 11.5 Å². The lowest BCUT2D eigenvalue weighted by Crippen LogP contribution is -2.46. The smallest absolute Gasteiger partial charge is 0.124 e. The van der Waals surface area contributed by atoms with Crippen LogP contribution in [0, 0.1) is 11.8 Å². The molecule has 2 rings (SSSR count). The molecule has 3 heteroatoms. The Bertz CT molecular complexity index is 446. The third-order valence-corrected chi connectivity index (χ3v) is 4.59. The van der Waals surface area contributed by atoms with Crippen LogP contribution >= 0.6 is 0 Å². The number of methoxy groups -OCH3 is 2. The number of rotatable bonds is 3. The highest BCUT2D eigenvalue weighted by Gasteiger charge is 2.40. The largest absolute Gasteiger partial charge is 0.497 e. The molecule has 0 heterocycles. The van der Waals surface area contributed by atoms with Crippen LogP contribution in [0.3, 0.4) is 0 Å². The molecule has 1 aliphatic rings. The second-order valence-corrected chi connectivity index (χ2v) is 5.89. The normalized spacial score (nSPS) is 31.0. The highest BCUT2D eigenvalue weighted by Crippen LogP contribution is 2.45. The van der Waals surface area contributed by atoms with E-state index < -0.39 is 0 Å². The third kappa shape index (κ3) is 2.57. The van der Waals surface area contributed by atoms with Gasteiger partial charge in [0.2, 0.25) is 0 Å². The zero-order chi connectivity index (χ0) is 14.0. The van der Waals surface area contributed by atoms with E-state index in [0.717, 1.165) is 35.8 Å². The molecule has 1 aromatic rings. The zero-order valence-corrected chi connectivity index (χ0v) is 12.4. The van der Waals surface area contributed by atoms with E-state index >= 15 is 0 Å². The van der Waals surface area contributed by atoms with Crippen molar-refractivity contribution in [3.8, 4) is 11.5 Å². The molecule has 3 unspecified atom stereocenters. The quantitative estimate of drug-likeness (QED) is 0.910. The number of hydrogen-bond acceptors (Lipinski definition) is 3. The fourth-order valence-electron chi connectivity index (χ4n) is 3.24. The lowest BCUT2D eigenvalue weighted by molar-refractivity contribution is 0.160. The summed E-state index contributed by atoms with van der Waals surface area (Å²) in [5.74, 6) is 2.90. The van der Waals surface area contributed by atoms with Crippen LogP contribution in [-0.2, 0) is 5.54 Å². The first-order valence-electron chi connectivity index (χ1n) is 7.02. The number of benzene rings is 1. The summed E-state index contributed by atoms with van der Waals surface area (Å²) < 4.78 is 10.8. The van der Waals surface area contributed by atoms with Crippen LogP contribution in [0.1, 0.15) is 38.7 Å². The predicted octanol–water partition coefficient (Wildman–Crippen LogP) is 3.31. The molecule has 1 aromatic carbocycles. The van der Waals surface area contributed by atoms with Crippen molar-refractivity contribution in [2.75, 3.05) is 14.2 Å². The van der Waals surface area contributed by atoms with Crippen molar-refractivity contribution in [1.29, 1.82) is 0 Å². The molecule has 3 nitrogen and oxygen atoms in total. The molecule has 2 N–H and O–H groups in total. The first-order chi connectivity index (χ1) is 9.01. The second-order valence-electron chi connectivity index (χ2n) is 5.89. The summed E-state index contributed by atoms with van der Waals surface area (Å²) in [6.07, 6.45) is 3.33. The molecule has 3 atom stereocenters. The van der Waals surface area contributed by atoms with Gasteiger partial charge in [0, 0.05) is 11.1 Å². The minimum absolute atomic E-state index is 0.313. The maximum atomic E-state index is 6.75. The van der Waals surface area contributed by atoms with E-state index in [9.17, 15) is 0 Å². The molecular formula is C16H25NO2. The van der Waals surface area contributed by atoms with Gasteiger partial charge >= 0.3 is 0 Å². The van der Waals surface area contributed by atoms with Crippen LogP contribution in [0.5, 0.6) is 11.5 Å². The van der Waals surface area contributed by atoms with Crippen LogP contribution in [-0.4, -0.2) is 14.2 Å². The van der Waals surface area contributed by atoms with E-state index in [1.807, 2.05) is 18.2 Å². The Balaban J connectivity index is 2.43. The first kappa shape index (κ1) is 14.2. The fraction of sp³-hybridized carbons (Fsp3) is 0.625. The van der Waals surface area contributed by atoms with E-state index in [1.165, 1.54) is 6.42 Å². The molecule has 0 bridgehead atoms. The monoisotopic (exact) mass is 263 g/mol. The Morgan fingerprint density at radius 1 is 1.21 bits per heavy atom. The number of nitrogens with two attached hydrogens (primary N) is 1. The van der Waals surface area contributed by atoms with Gasteiger partial charge in [-0.25, -0.2) is 0 Å². The topological polar surface area (TPSA) is 44.5 Å². The van der Waals surface area contributed by atoms with Crippen molar-refractivity contribution in [1.82, 2.24) is 0 Å².